The molecule has 0 fully saturated rings. The molecule has 0 unspecified atom stereocenters. The van der Waals surface area contributed by atoms with Gasteiger partial charge in [-0.25, -0.2) is 8.42 Å². The van der Waals surface area contributed by atoms with Gasteiger partial charge in [-0.3, -0.25) is 0 Å². The molecule has 64 valence electrons. The van der Waals surface area contributed by atoms with Crippen molar-refractivity contribution >= 4 is 9.84 Å². The van der Waals surface area contributed by atoms with Crippen molar-refractivity contribution < 1.29 is 8.42 Å². The maximum Gasteiger partial charge on any atom is 0.158 e. The Bertz CT molecular complexity index is 418. The third kappa shape index (κ3) is 1.14. The van der Waals surface area contributed by atoms with Gasteiger partial charge in [0.25, 0.3) is 0 Å². The summed E-state index contributed by atoms with van der Waals surface area (Å²) in [6, 6.07) is 5.77. The predicted molar refractivity (Wildman–Crippen MR) is 47.5 cm³/mol. The second-order valence-corrected chi connectivity index (χ2v) is 5.31. The number of benzene rings is 1. The third-order valence-corrected chi connectivity index (χ3v) is 3.73. The van der Waals surface area contributed by atoms with E-state index in [1.54, 1.807) is 0 Å². The molecule has 12 heavy (non-hydrogen) atoms. The van der Waals surface area contributed by atoms with E-state index < -0.39 is 9.84 Å². The molecule has 0 N–H and O–H groups in total. The van der Waals surface area contributed by atoms with E-state index in [1.807, 2.05) is 25.1 Å². The van der Waals surface area contributed by atoms with Gasteiger partial charge >= 0.3 is 0 Å². The molecular formula is C9H10O2S. The zero-order chi connectivity index (χ0) is 8.77. The topological polar surface area (TPSA) is 34.1 Å². The molecule has 0 atom stereocenters. The molecule has 1 aromatic rings. The number of fused-ring (bicyclic) bond motifs is 1. The van der Waals surface area contributed by atoms with Crippen molar-refractivity contribution in [3.8, 4) is 0 Å². The Kier molecular flexibility index (Phi) is 1.51. The van der Waals surface area contributed by atoms with E-state index in [1.165, 1.54) is 0 Å². The quantitative estimate of drug-likeness (QED) is 0.608. The fraction of sp³-hybridized carbons (Fsp3) is 0.333. The summed E-state index contributed by atoms with van der Waals surface area (Å²) in [6.45, 7) is 1.96. The molecule has 0 aliphatic carbocycles. The minimum atomic E-state index is -2.83. The number of hydrogen-bond donors (Lipinski definition) is 0. The lowest BCUT2D eigenvalue weighted by Gasteiger charge is -1.99. The summed E-state index contributed by atoms with van der Waals surface area (Å²) in [5.41, 5.74) is 3.08. The van der Waals surface area contributed by atoms with Crippen LogP contribution in [-0.4, -0.2) is 8.42 Å². The molecule has 0 aromatic heterocycles. The van der Waals surface area contributed by atoms with Gasteiger partial charge < -0.3 is 0 Å². The second-order valence-electron chi connectivity index (χ2n) is 3.24. The summed E-state index contributed by atoms with van der Waals surface area (Å²) >= 11 is 0. The highest BCUT2D eigenvalue weighted by Crippen LogP contribution is 2.27. The Morgan fingerprint density at radius 3 is 2.67 bits per heavy atom. The summed E-state index contributed by atoms with van der Waals surface area (Å²) in [4.78, 5) is 0. The van der Waals surface area contributed by atoms with Crippen LogP contribution in [0.4, 0.5) is 0 Å². The average molecular weight is 182 g/mol. The first-order valence-corrected chi connectivity index (χ1v) is 5.68. The van der Waals surface area contributed by atoms with Crippen molar-refractivity contribution in [3.05, 3.63) is 34.9 Å². The van der Waals surface area contributed by atoms with Crippen molar-refractivity contribution in [2.45, 2.75) is 18.4 Å². The van der Waals surface area contributed by atoms with Gasteiger partial charge in [-0.2, -0.15) is 0 Å². The van der Waals surface area contributed by atoms with Gasteiger partial charge in [0.1, 0.15) is 0 Å². The maximum atomic E-state index is 11.2. The van der Waals surface area contributed by atoms with E-state index in [2.05, 4.69) is 0 Å². The summed E-state index contributed by atoms with van der Waals surface area (Å²) in [5.74, 6) is 0.457. The van der Waals surface area contributed by atoms with E-state index in [0.717, 1.165) is 16.7 Å². The molecule has 1 aliphatic rings. The van der Waals surface area contributed by atoms with E-state index >= 15 is 0 Å². The first-order chi connectivity index (χ1) is 5.58. The third-order valence-electron chi connectivity index (χ3n) is 2.25. The molecule has 0 bridgehead atoms. The van der Waals surface area contributed by atoms with Crippen LogP contribution in [0.3, 0.4) is 0 Å². The van der Waals surface area contributed by atoms with Crippen LogP contribution in [0.5, 0.6) is 0 Å². The van der Waals surface area contributed by atoms with Crippen LogP contribution >= 0.6 is 0 Å². The van der Waals surface area contributed by atoms with Crippen molar-refractivity contribution in [2.24, 2.45) is 0 Å². The molecule has 0 amide bonds. The van der Waals surface area contributed by atoms with Crippen molar-refractivity contribution in [1.29, 1.82) is 0 Å². The highest BCUT2D eigenvalue weighted by atomic mass is 32.2. The van der Waals surface area contributed by atoms with Gasteiger partial charge in [-0.1, -0.05) is 18.2 Å². The minimum Gasteiger partial charge on any atom is -0.228 e. The fourth-order valence-electron chi connectivity index (χ4n) is 1.61. The van der Waals surface area contributed by atoms with Crippen LogP contribution in [0.2, 0.25) is 0 Å². The SMILES string of the molecule is Cc1cccc2c1CS(=O)(=O)C2. The Balaban J connectivity index is 2.63. The largest absolute Gasteiger partial charge is 0.228 e. The zero-order valence-electron chi connectivity index (χ0n) is 6.87. The van der Waals surface area contributed by atoms with E-state index in [4.69, 9.17) is 0 Å². The monoisotopic (exact) mass is 182 g/mol. The molecule has 1 heterocycles. The number of sulfone groups is 1. The summed E-state index contributed by atoms with van der Waals surface area (Å²) in [6.07, 6.45) is 0. The minimum absolute atomic E-state index is 0.226. The summed E-state index contributed by atoms with van der Waals surface area (Å²) in [5, 5.41) is 0. The normalized spacial score (nSPS) is 19.1. The van der Waals surface area contributed by atoms with Crippen molar-refractivity contribution in [2.75, 3.05) is 0 Å². The Morgan fingerprint density at radius 1 is 1.25 bits per heavy atom. The van der Waals surface area contributed by atoms with Gasteiger partial charge in [0.05, 0.1) is 11.5 Å². The van der Waals surface area contributed by atoms with Gasteiger partial charge in [-0.05, 0) is 23.6 Å². The fourth-order valence-corrected chi connectivity index (χ4v) is 3.31. The van der Waals surface area contributed by atoms with E-state index in [-0.39, 0.29) is 11.5 Å². The van der Waals surface area contributed by atoms with Crippen LogP contribution < -0.4 is 0 Å². The lowest BCUT2D eigenvalue weighted by Crippen LogP contribution is -1.95. The Morgan fingerprint density at radius 2 is 2.00 bits per heavy atom. The number of hydrogen-bond acceptors (Lipinski definition) is 2. The molecule has 0 spiro atoms. The molecule has 3 heteroatoms. The second kappa shape index (κ2) is 2.33. The standard InChI is InChI=1S/C9H10O2S/c1-7-3-2-4-8-5-12(10,11)6-9(7)8/h2-4H,5-6H2,1H3. The first-order valence-electron chi connectivity index (χ1n) is 3.86. The van der Waals surface area contributed by atoms with Gasteiger partial charge in [0.15, 0.2) is 9.84 Å². The summed E-state index contributed by atoms with van der Waals surface area (Å²) in [7, 11) is -2.83. The molecule has 1 aromatic carbocycles. The maximum absolute atomic E-state index is 11.2. The first kappa shape index (κ1) is 7.80. The molecule has 2 rings (SSSR count). The van der Waals surface area contributed by atoms with Crippen LogP contribution in [0, 0.1) is 6.92 Å². The van der Waals surface area contributed by atoms with Gasteiger partial charge in [-0.15, -0.1) is 0 Å². The lowest BCUT2D eigenvalue weighted by molar-refractivity contribution is 0.598. The van der Waals surface area contributed by atoms with Crippen LogP contribution in [0.15, 0.2) is 18.2 Å². The molecule has 1 aliphatic heterocycles. The van der Waals surface area contributed by atoms with Crippen molar-refractivity contribution in [1.82, 2.24) is 0 Å². The average Bonchev–Trinajstić information content (AvgIpc) is 2.25. The predicted octanol–water partition coefficient (Wildman–Crippen LogP) is 1.42. The molecular weight excluding hydrogens is 172 g/mol. The molecule has 0 saturated heterocycles. The number of aryl methyl sites for hydroxylation is 1. The van der Waals surface area contributed by atoms with Gasteiger partial charge in [0.2, 0.25) is 0 Å². The highest BCUT2D eigenvalue weighted by molar-refractivity contribution is 7.90. The summed E-state index contributed by atoms with van der Waals surface area (Å²) < 4.78 is 22.5. The van der Waals surface area contributed by atoms with Gasteiger partial charge in [0, 0.05) is 0 Å². The molecule has 0 saturated carbocycles. The smallest absolute Gasteiger partial charge is 0.158 e. The molecule has 2 nitrogen and oxygen atoms in total. The van der Waals surface area contributed by atoms with E-state index in [9.17, 15) is 8.42 Å². The van der Waals surface area contributed by atoms with Crippen LogP contribution in [0.1, 0.15) is 16.7 Å². The lowest BCUT2D eigenvalue weighted by atomic mass is 10.1. The van der Waals surface area contributed by atoms with Crippen LogP contribution in [-0.2, 0) is 21.3 Å². The zero-order valence-corrected chi connectivity index (χ0v) is 7.69. The van der Waals surface area contributed by atoms with Crippen molar-refractivity contribution in [3.63, 3.8) is 0 Å². The Labute approximate surface area is 72.1 Å². The van der Waals surface area contributed by atoms with Crippen LogP contribution in [0.25, 0.3) is 0 Å². The Hall–Kier alpha value is -0.830. The van der Waals surface area contributed by atoms with E-state index in [0.29, 0.717) is 0 Å². The highest BCUT2D eigenvalue weighted by Gasteiger charge is 2.25. The number of rotatable bonds is 0. The molecule has 0 radical (unpaired) electrons.